The van der Waals surface area contributed by atoms with Crippen molar-refractivity contribution in [1.29, 1.82) is 0 Å². The van der Waals surface area contributed by atoms with E-state index in [1.807, 2.05) is 19.1 Å². The second kappa shape index (κ2) is 5.50. The predicted molar refractivity (Wildman–Crippen MR) is 92.1 cm³/mol. The van der Waals surface area contributed by atoms with Crippen molar-refractivity contribution in [3.63, 3.8) is 0 Å². The molecule has 1 N–H and O–H groups in total. The van der Waals surface area contributed by atoms with Crippen molar-refractivity contribution in [2.24, 2.45) is 0 Å². The van der Waals surface area contributed by atoms with Gasteiger partial charge in [0.15, 0.2) is 0 Å². The van der Waals surface area contributed by atoms with Crippen LogP contribution < -0.4 is 4.72 Å². The molecule has 0 saturated heterocycles. The number of fused-ring (bicyclic) bond motifs is 1. The normalized spacial score (nSPS) is 11.7. The summed E-state index contributed by atoms with van der Waals surface area (Å²) < 4.78 is 37.0. The van der Waals surface area contributed by atoms with E-state index in [1.54, 1.807) is 18.2 Å². The van der Waals surface area contributed by atoms with E-state index in [2.05, 4.69) is 36.1 Å². The maximum absolute atomic E-state index is 12.6. The summed E-state index contributed by atoms with van der Waals surface area (Å²) in [7, 11) is -3.69. The van der Waals surface area contributed by atoms with Crippen molar-refractivity contribution in [3.8, 4) is 0 Å². The molecule has 108 valence electrons. The Morgan fingerprint density at radius 2 is 2.00 bits per heavy atom. The first-order valence-electron chi connectivity index (χ1n) is 5.97. The highest BCUT2D eigenvalue weighted by atomic mass is 127. The fourth-order valence-corrected chi connectivity index (χ4v) is 4.48. The molecule has 0 unspecified atom stereocenters. The molecule has 8 heteroatoms. The van der Waals surface area contributed by atoms with Crippen LogP contribution in [0.2, 0.25) is 0 Å². The number of aryl methyl sites for hydroxylation is 1. The van der Waals surface area contributed by atoms with Crippen molar-refractivity contribution >= 4 is 61.1 Å². The number of rotatable bonds is 3. The molecular formula is C13H10IN3O2S2. The number of anilines is 1. The molecule has 0 aliphatic carbocycles. The molecule has 0 radical (unpaired) electrons. The van der Waals surface area contributed by atoms with Crippen LogP contribution in [0.5, 0.6) is 0 Å². The monoisotopic (exact) mass is 431 g/mol. The first-order chi connectivity index (χ1) is 9.97. The average Bonchev–Trinajstić information content (AvgIpc) is 2.90. The molecule has 0 fully saturated rings. The highest BCUT2D eigenvalue weighted by Gasteiger charge is 2.20. The number of nitrogens with zero attached hydrogens (tertiary/aromatic N) is 2. The lowest BCUT2D eigenvalue weighted by Gasteiger charge is -2.11. The minimum Gasteiger partial charge on any atom is -0.279 e. The van der Waals surface area contributed by atoms with Crippen LogP contribution in [0, 0.1) is 10.5 Å². The second-order valence-corrected chi connectivity index (χ2v) is 7.88. The molecule has 3 aromatic rings. The Bertz CT molecular complexity index is 922. The molecular weight excluding hydrogens is 421 g/mol. The lowest BCUT2D eigenvalue weighted by molar-refractivity contribution is 0.602. The van der Waals surface area contributed by atoms with Gasteiger partial charge in [-0.15, -0.1) is 0 Å². The highest BCUT2D eigenvalue weighted by molar-refractivity contribution is 14.1. The third-order valence-electron chi connectivity index (χ3n) is 2.97. The first-order valence-corrected chi connectivity index (χ1v) is 9.27. The summed E-state index contributed by atoms with van der Waals surface area (Å²) in [6.45, 7) is 1.87. The number of sulfonamides is 1. The van der Waals surface area contributed by atoms with Gasteiger partial charge in [-0.05, 0) is 65.4 Å². The zero-order valence-corrected chi connectivity index (χ0v) is 14.7. The third kappa shape index (κ3) is 2.87. The molecule has 1 heterocycles. The number of benzene rings is 2. The van der Waals surface area contributed by atoms with Crippen LogP contribution in [0.3, 0.4) is 0 Å². The maximum atomic E-state index is 12.6. The fraction of sp³-hybridized carbons (Fsp3) is 0.0769. The summed E-state index contributed by atoms with van der Waals surface area (Å²) in [6, 6.07) is 10.5. The zero-order valence-electron chi connectivity index (χ0n) is 10.9. The topological polar surface area (TPSA) is 72.0 Å². The minimum absolute atomic E-state index is 0.145. The van der Waals surface area contributed by atoms with Gasteiger partial charge in [-0.25, -0.2) is 8.42 Å². The molecule has 0 atom stereocenters. The number of aromatic nitrogens is 2. The van der Waals surface area contributed by atoms with E-state index in [1.165, 1.54) is 6.07 Å². The smallest absolute Gasteiger partial charge is 0.264 e. The third-order valence-corrected chi connectivity index (χ3v) is 5.58. The van der Waals surface area contributed by atoms with Crippen LogP contribution in [-0.2, 0) is 10.0 Å². The standard InChI is InChI=1S/C13H10IN3O2S2/c1-8-7-9(14)5-6-10(8)17-21(18,19)12-4-2-3-11-13(12)16-20-15-11/h2-7,17H,1H3. The van der Waals surface area contributed by atoms with E-state index in [0.717, 1.165) is 20.9 Å². The first kappa shape index (κ1) is 14.7. The number of halogens is 1. The van der Waals surface area contributed by atoms with Gasteiger partial charge < -0.3 is 0 Å². The van der Waals surface area contributed by atoms with Gasteiger partial charge in [0.2, 0.25) is 0 Å². The van der Waals surface area contributed by atoms with E-state index in [4.69, 9.17) is 0 Å². The van der Waals surface area contributed by atoms with Gasteiger partial charge in [-0.2, -0.15) is 8.75 Å². The van der Waals surface area contributed by atoms with Gasteiger partial charge in [0.05, 0.1) is 17.4 Å². The lowest BCUT2D eigenvalue weighted by atomic mass is 10.2. The molecule has 0 aliphatic heterocycles. The van der Waals surface area contributed by atoms with Gasteiger partial charge in [-0.1, -0.05) is 6.07 Å². The summed E-state index contributed by atoms with van der Waals surface area (Å²) >= 11 is 3.19. The molecule has 0 amide bonds. The molecule has 0 spiro atoms. The molecule has 2 aromatic carbocycles. The number of nitrogens with one attached hydrogen (secondary N) is 1. The fourth-order valence-electron chi connectivity index (χ4n) is 1.94. The Labute approximate surface area is 139 Å². The molecule has 1 aromatic heterocycles. The Balaban J connectivity index is 2.06. The zero-order chi connectivity index (χ0) is 15.0. The lowest BCUT2D eigenvalue weighted by Crippen LogP contribution is -2.14. The molecule has 21 heavy (non-hydrogen) atoms. The summed E-state index contributed by atoms with van der Waals surface area (Å²) in [5, 5.41) is 0. The van der Waals surface area contributed by atoms with E-state index in [-0.39, 0.29) is 4.90 Å². The maximum Gasteiger partial charge on any atom is 0.264 e. The van der Waals surface area contributed by atoms with E-state index in [0.29, 0.717) is 16.7 Å². The quantitative estimate of drug-likeness (QED) is 0.646. The SMILES string of the molecule is Cc1cc(I)ccc1NS(=O)(=O)c1cccc2nsnc12. The highest BCUT2D eigenvalue weighted by Crippen LogP contribution is 2.25. The second-order valence-electron chi connectivity index (χ2n) is 4.45. The summed E-state index contributed by atoms with van der Waals surface area (Å²) in [6.07, 6.45) is 0. The Morgan fingerprint density at radius 1 is 1.19 bits per heavy atom. The molecule has 5 nitrogen and oxygen atoms in total. The van der Waals surface area contributed by atoms with Crippen molar-refractivity contribution in [1.82, 2.24) is 8.75 Å². The van der Waals surface area contributed by atoms with Crippen molar-refractivity contribution in [2.75, 3.05) is 4.72 Å². The van der Waals surface area contributed by atoms with Gasteiger partial charge in [0.1, 0.15) is 15.9 Å². The molecule has 0 saturated carbocycles. The molecule has 0 aliphatic rings. The predicted octanol–water partition coefficient (Wildman–Crippen LogP) is 3.41. The average molecular weight is 431 g/mol. The molecule has 0 bridgehead atoms. The van der Waals surface area contributed by atoms with E-state index < -0.39 is 10.0 Å². The summed E-state index contributed by atoms with van der Waals surface area (Å²) in [5.41, 5.74) is 2.42. The van der Waals surface area contributed by atoms with Crippen LogP contribution in [0.1, 0.15) is 5.56 Å². The van der Waals surface area contributed by atoms with Crippen LogP contribution in [0.4, 0.5) is 5.69 Å². The largest absolute Gasteiger partial charge is 0.279 e. The Kier molecular flexibility index (Phi) is 3.84. The van der Waals surface area contributed by atoms with Crippen molar-refractivity contribution < 1.29 is 8.42 Å². The summed E-state index contributed by atoms with van der Waals surface area (Å²) in [4.78, 5) is 0.145. The number of hydrogen-bond donors (Lipinski definition) is 1. The minimum atomic E-state index is -3.69. The summed E-state index contributed by atoms with van der Waals surface area (Å²) in [5.74, 6) is 0. The van der Waals surface area contributed by atoms with E-state index >= 15 is 0 Å². The van der Waals surface area contributed by atoms with Gasteiger partial charge in [0, 0.05) is 3.57 Å². The Hall–Kier alpha value is -1.26. The van der Waals surface area contributed by atoms with Crippen LogP contribution in [0.25, 0.3) is 11.0 Å². The van der Waals surface area contributed by atoms with Crippen LogP contribution in [0.15, 0.2) is 41.3 Å². The van der Waals surface area contributed by atoms with Gasteiger partial charge in [0.25, 0.3) is 10.0 Å². The Morgan fingerprint density at radius 3 is 2.76 bits per heavy atom. The van der Waals surface area contributed by atoms with E-state index in [9.17, 15) is 8.42 Å². The van der Waals surface area contributed by atoms with Crippen molar-refractivity contribution in [2.45, 2.75) is 11.8 Å². The number of hydrogen-bond acceptors (Lipinski definition) is 5. The van der Waals surface area contributed by atoms with Crippen LogP contribution in [-0.4, -0.2) is 17.2 Å². The van der Waals surface area contributed by atoms with Crippen LogP contribution >= 0.6 is 34.3 Å². The molecule has 3 rings (SSSR count). The van der Waals surface area contributed by atoms with Gasteiger partial charge >= 0.3 is 0 Å². The van der Waals surface area contributed by atoms with Gasteiger partial charge in [-0.3, -0.25) is 4.72 Å². The van der Waals surface area contributed by atoms with Crippen molar-refractivity contribution in [3.05, 3.63) is 45.5 Å².